The molecule has 0 aromatic rings. The van der Waals surface area contributed by atoms with Crippen LogP contribution in [0.1, 0.15) is 52.4 Å². The van der Waals surface area contributed by atoms with Gasteiger partial charge in [-0.1, -0.05) is 33.1 Å². The van der Waals surface area contributed by atoms with Crippen molar-refractivity contribution in [1.82, 2.24) is 10.2 Å². The lowest BCUT2D eigenvalue weighted by molar-refractivity contribution is 0.0764. The molecular formula is C15H32N2O. The highest BCUT2D eigenvalue weighted by Gasteiger charge is 2.29. The van der Waals surface area contributed by atoms with E-state index in [1.54, 1.807) is 0 Å². The molecule has 1 heterocycles. The molecule has 3 nitrogen and oxygen atoms in total. The first-order valence-corrected chi connectivity index (χ1v) is 7.64. The van der Waals surface area contributed by atoms with Crippen LogP contribution in [0.2, 0.25) is 0 Å². The molecule has 1 aliphatic rings. The fraction of sp³-hybridized carbons (Fsp3) is 1.00. The Bertz CT molecular complexity index is 215. The lowest BCUT2D eigenvalue weighted by Gasteiger charge is -2.38. The second kappa shape index (κ2) is 8.13. The zero-order valence-electron chi connectivity index (χ0n) is 12.5. The largest absolute Gasteiger partial charge is 0.395 e. The van der Waals surface area contributed by atoms with Gasteiger partial charge in [0, 0.05) is 19.1 Å². The van der Waals surface area contributed by atoms with Gasteiger partial charge in [0.15, 0.2) is 0 Å². The van der Waals surface area contributed by atoms with Crippen molar-refractivity contribution in [2.45, 2.75) is 58.4 Å². The van der Waals surface area contributed by atoms with E-state index in [0.29, 0.717) is 18.1 Å². The van der Waals surface area contributed by atoms with E-state index in [-0.39, 0.29) is 0 Å². The fourth-order valence-corrected chi connectivity index (χ4v) is 3.40. The standard InChI is InChI=1S/C15H32N2O/c1-4-9-15(2,12-16-3)13-17-10-7-5-6-8-14(17)11-18/h14,16,18H,4-13H2,1-3H3. The van der Waals surface area contributed by atoms with E-state index in [2.05, 4.69) is 24.1 Å². The van der Waals surface area contributed by atoms with E-state index in [9.17, 15) is 5.11 Å². The van der Waals surface area contributed by atoms with Crippen molar-refractivity contribution < 1.29 is 5.11 Å². The Labute approximate surface area is 113 Å². The molecule has 0 aromatic heterocycles. The van der Waals surface area contributed by atoms with Gasteiger partial charge >= 0.3 is 0 Å². The molecule has 2 unspecified atom stereocenters. The molecule has 18 heavy (non-hydrogen) atoms. The maximum atomic E-state index is 9.59. The Kier molecular flexibility index (Phi) is 7.20. The average molecular weight is 256 g/mol. The van der Waals surface area contributed by atoms with Gasteiger partial charge in [0.1, 0.15) is 0 Å². The van der Waals surface area contributed by atoms with Gasteiger partial charge in [0.2, 0.25) is 0 Å². The van der Waals surface area contributed by atoms with Gasteiger partial charge < -0.3 is 10.4 Å². The van der Waals surface area contributed by atoms with E-state index in [4.69, 9.17) is 0 Å². The average Bonchev–Trinajstić information content (AvgIpc) is 2.54. The molecule has 0 amide bonds. The second-order valence-electron chi connectivity index (χ2n) is 6.25. The van der Waals surface area contributed by atoms with Gasteiger partial charge in [-0.05, 0) is 38.3 Å². The summed E-state index contributed by atoms with van der Waals surface area (Å²) in [5, 5.41) is 12.9. The maximum Gasteiger partial charge on any atom is 0.0586 e. The second-order valence-corrected chi connectivity index (χ2v) is 6.25. The summed E-state index contributed by atoms with van der Waals surface area (Å²) in [5.41, 5.74) is 0.335. The van der Waals surface area contributed by atoms with Crippen LogP contribution >= 0.6 is 0 Å². The smallest absolute Gasteiger partial charge is 0.0586 e. The zero-order valence-corrected chi connectivity index (χ0v) is 12.5. The SMILES string of the molecule is CCCC(C)(CNC)CN1CCCCCC1CO. The Morgan fingerprint density at radius 2 is 2.11 bits per heavy atom. The molecule has 0 saturated carbocycles. The van der Waals surface area contributed by atoms with E-state index in [1.165, 1.54) is 32.1 Å². The summed E-state index contributed by atoms with van der Waals surface area (Å²) in [7, 11) is 2.04. The molecular weight excluding hydrogens is 224 g/mol. The van der Waals surface area contributed by atoms with Crippen molar-refractivity contribution in [2.75, 3.05) is 33.3 Å². The highest BCUT2D eigenvalue weighted by molar-refractivity contribution is 4.84. The molecule has 0 aromatic carbocycles. The summed E-state index contributed by atoms with van der Waals surface area (Å²) in [6, 6.07) is 0.389. The van der Waals surface area contributed by atoms with Crippen molar-refractivity contribution in [3.8, 4) is 0 Å². The molecule has 1 saturated heterocycles. The van der Waals surface area contributed by atoms with Gasteiger partial charge in [-0.2, -0.15) is 0 Å². The predicted molar refractivity (Wildman–Crippen MR) is 77.9 cm³/mol. The normalized spacial score (nSPS) is 25.7. The van der Waals surface area contributed by atoms with Crippen molar-refractivity contribution in [2.24, 2.45) is 5.41 Å². The Hall–Kier alpha value is -0.120. The van der Waals surface area contributed by atoms with Crippen LogP contribution in [0, 0.1) is 5.41 Å². The summed E-state index contributed by atoms with van der Waals surface area (Å²) in [6.45, 7) is 8.31. The molecule has 1 fully saturated rings. The fourth-order valence-electron chi connectivity index (χ4n) is 3.40. The molecule has 0 aliphatic carbocycles. The molecule has 2 atom stereocenters. The van der Waals surface area contributed by atoms with Crippen molar-refractivity contribution in [3.05, 3.63) is 0 Å². The molecule has 3 heteroatoms. The first-order valence-electron chi connectivity index (χ1n) is 7.64. The molecule has 1 aliphatic heterocycles. The molecule has 0 bridgehead atoms. The van der Waals surface area contributed by atoms with Crippen LogP contribution in [0.15, 0.2) is 0 Å². The van der Waals surface area contributed by atoms with Crippen LogP contribution in [0.5, 0.6) is 0 Å². The van der Waals surface area contributed by atoms with Gasteiger partial charge in [-0.15, -0.1) is 0 Å². The number of nitrogens with zero attached hydrogens (tertiary/aromatic N) is 1. The van der Waals surface area contributed by atoms with Crippen LogP contribution in [0.3, 0.4) is 0 Å². The predicted octanol–water partition coefficient (Wildman–Crippen LogP) is 2.25. The minimum Gasteiger partial charge on any atom is -0.395 e. The minimum atomic E-state index is 0.321. The van der Waals surface area contributed by atoms with E-state index >= 15 is 0 Å². The number of hydrogen-bond acceptors (Lipinski definition) is 3. The first kappa shape index (κ1) is 15.9. The van der Waals surface area contributed by atoms with Crippen LogP contribution in [0.25, 0.3) is 0 Å². The molecule has 0 spiro atoms. The van der Waals surface area contributed by atoms with Crippen LogP contribution in [0.4, 0.5) is 0 Å². The van der Waals surface area contributed by atoms with Gasteiger partial charge in [0.05, 0.1) is 6.61 Å². The van der Waals surface area contributed by atoms with Crippen molar-refractivity contribution in [3.63, 3.8) is 0 Å². The summed E-state index contributed by atoms with van der Waals surface area (Å²) in [6.07, 6.45) is 7.54. The maximum absolute atomic E-state index is 9.59. The minimum absolute atomic E-state index is 0.321. The number of rotatable bonds is 7. The highest BCUT2D eigenvalue weighted by Crippen LogP contribution is 2.27. The monoisotopic (exact) mass is 256 g/mol. The number of hydrogen-bond donors (Lipinski definition) is 2. The summed E-state index contributed by atoms with van der Waals surface area (Å²) >= 11 is 0. The van der Waals surface area contributed by atoms with E-state index < -0.39 is 0 Å². The third kappa shape index (κ3) is 4.87. The van der Waals surface area contributed by atoms with Gasteiger partial charge in [0.25, 0.3) is 0 Å². The summed E-state index contributed by atoms with van der Waals surface area (Å²) in [5.74, 6) is 0. The van der Waals surface area contributed by atoms with Crippen LogP contribution in [-0.4, -0.2) is 49.3 Å². The van der Waals surface area contributed by atoms with Crippen LogP contribution < -0.4 is 5.32 Å². The van der Waals surface area contributed by atoms with Gasteiger partial charge in [-0.25, -0.2) is 0 Å². The lowest BCUT2D eigenvalue weighted by Crippen LogP contribution is -2.47. The topological polar surface area (TPSA) is 35.5 Å². The zero-order chi connectivity index (χ0) is 13.4. The lowest BCUT2D eigenvalue weighted by atomic mass is 9.84. The van der Waals surface area contributed by atoms with E-state index in [1.807, 2.05) is 7.05 Å². The number of nitrogens with one attached hydrogen (secondary N) is 1. The van der Waals surface area contributed by atoms with Crippen molar-refractivity contribution in [1.29, 1.82) is 0 Å². The van der Waals surface area contributed by atoms with Gasteiger partial charge in [-0.3, -0.25) is 4.90 Å². The highest BCUT2D eigenvalue weighted by atomic mass is 16.3. The molecule has 1 rings (SSSR count). The molecule has 0 radical (unpaired) electrons. The third-order valence-corrected chi connectivity index (χ3v) is 4.25. The van der Waals surface area contributed by atoms with Crippen LogP contribution in [-0.2, 0) is 0 Å². The van der Waals surface area contributed by atoms with E-state index in [0.717, 1.165) is 26.1 Å². The number of likely N-dealkylation sites (tertiary alicyclic amines) is 1. The quantitative estimate of drug-likeness (QED) is 0.733. The number of aliphatic hydroxyl groups is 1. The molecule has 108 valence electrons. The number of aliphatic hydroxyl groups excluding tert-OH is 1. The summed E-state index contributed by atoms with van der Waals surface area (Å²) < 4.78 is 0. The first-order chi connectivity index (χ1) is 8.65. The molecule has 2 N–H and O–H groups in total. The summed E-state index contributed by atoms with van der Waals surface area (Å²) in [4.78, 5) is 2.54. The Morgan fingerprint density at radius 1 is 1.33 bits per heavy atom. The Morgan fingerprint density at radius 3 is 2.72 bits per heavy atom. The third-order valence-electron chi connectivity index (χ3n) is 4.25. The Balaban J connectivity index is 2.63. The van der Waals surface area contributed by atoms with Crippen molar-refractivity contribution >= 4 is 0 Å².